The first kappa shape index (κ1) is 27.3. The molecule has 0 aliphatic rings. The van der Waals surface area contributed by atoms with Crippen LogP contribution in [0.3, 0.4) is 0 Å². The van der Waals surface area contributed by atoms with Crippen molar-refractivity contribution in [2.75, 3.05) is 38.1 Å². The van der Waals surface area contributed by atoms with E-state index >= 15 is 0 Å². The molecule has 8 nitrogen and oxygen atoms in total. The predicted octanol–water partition coefficient (Wildman–Crippen LogP) is 2.72. The molecule has 0 bridgehead atoms. The number of rotatable bonds is 12. The van der Waals surface area contributed by atoms with Crippen LogP contribution in [-0.4, -0.2) is 63.8 Å². The van der Waals surface area contributed by atoms with Crippen LogP contribution < -0.4 is 15.5 Å². The van der Waals surface area contributed by atoms with E-state index in [4.69, 9.17) is 0 Å². The van der Waals surface area contributed by atoms with Crippen LogP contribution in [0.25, 0.3) is 0 Å². The summed E-state index contributed by atoms with van der Waals surface area (Å²) in [7, 11) is -1.75. The van der Waals surface area contributed by atoms with Crippen LogP contribution in [0.15, 0.2) is 59.5 Å². The normalized spacial score (nSPS) is 12.4. The van der Waals surface area contributed by atoms with Crippen molar-refractivity contribution in [3.63, 3.8) is 0 Å². The largest absolute Gasteiger partial charge is 0.373 e. The lowest BCUT2D eigenvalue weighted by atomic mass is 10.0. The van der Waals surface area contributed by atoms with E-state index in [2.05, 4.69) is 10.6 Å². The maximum absolute atomic E-state index is 12.9. The van der Waals surface area contributed by atoms with Crippen molar-refractivity contribution in [1.82, 2.24) is 14.9 Å². The molecule has 0 aliphatic heterocycles. The third-order valence-corrected chi connectivity index (χ3v) is 7.66. The quantitative estimate of drug-likeness (QED) is 0.479. The van der Waals surface area contributed by atoms with Gasteiger partial charge in [-0.3, -0.25) is 9.59 Å². The van der Waals surface area contributed by atoms with Crippen LogP contribution in [0, 0.1) is 5.92 Å². The molecule has 0 saturated carbocycles. The second kappa shape index (κ2) is 12.5. The molecule has 34 heavy (non-hydrogen) atoms. The smallest absolute Gasteiger partial charge is 0.251 e. The number of para-hydroxylation sites is 1. The first-order valence-electron chi connectivity index (χ1n) is 11.6. The summed E-state index contributed by atoms with van der Waals surface area (Å²) < 4.78 is 27.0. The summed E-state index contributed by atoms with van der Waals surface area (Å²) in [4.78, 5) is 27.8. The number of benzene rings is 2. The van der Waals surface area contributed by atoms with Crippen molar-refractivity contribution in [1.29, 1.82) is 0 Å². The molecule has 186 valence electrons. The summed E-state index contributed by atoms with van der Waals surface area (Å²) in [5.41, 5.74) is 1.24. The number of nitrogens with one attached hydrogen (secondary N) is 2. The number of likely N-dealkylation sites (N-methyl/N-ethyl adjacent to an activating group) is 1. The van der Waals surface area contributed by atoms with Crippen molar-refractivity contribution < 1.29 is 18.0 Å². The highest BCUT2D eigenvalue weighted by atomic mass is 32.2. The molecule has 9 heteroatoms. The maximum Gasteiger partial charge on any atom is 0.251 e. The average Bonchev–Trinajstić information content (AvgIpc) is 2.83. The molecular weight excluding hydrogens is 452 g/mol. The summed E-state index contributed by atoms with van der Waals surface area (Å²) in [5.74, 6) is -0.929. The average molecular weight is 489 g/mol. The number of anilines is 1. The highest BCUT2D eigenvalue weighted by molar-refractivity contribution is 7.89. The number of nitrogens with zero attached hydrogens (tertiary/aromatic N) is 2. The topological polar surface area (TPSA) is 98.8 Å². The second-order valence-electron chi connectivity index (χ2n) is 8.36. The van der Waals surface area contributed by atoms with Crippen LogP contribution in [-0.2, 0) is 14.8 Å². The van der Waals surface area contributed by atoms with Crippen LogP contribution >= 0.6 is 0 Å². The fourth-order valence-electron chi connectivity index (χ4n) is 3.54. The minimum atomic E-state index is -3.69. The lowest BCUT2D eigenvalue weighted by molar-refractivity contribution is -0.123. The van der Waals surface area contributed by atoms with Crippen LogP contribution in [0.5, 0.6) is 0 Å². The SMILES string of the molecule is CCN(CC)S(=O)(=O)c1cccc(C(=O)N[C@H](C(=O)NCCN(C)c2ccccc2)C(C)C)c1. The van der Waals surface area contributed by atoms with Gasteiger partial charge >= 0.3 is 0 Å². The van der Waals surface area contributed by atoms with Gasteiger partial charge < -0.3 is 15.5 Å². The van der Waals surface area contributed by atoms with Crippen molar-refractivity contribution in [3.8, 4) is 0 Å². The third kappa shape index (κ3) is 7.04. The fraction of sp³-hybridized carbons (Fsp3) is 0.440. The predicted molar refractivity (Wildman–Crippen MR) is 135 cm³/mol. The van der Waals surface area contributed by atoms with Gasteiger partial charge in [0, 0.05) is 44.5 Å². The summed E-state index contributed by atoms with van der Waals surface area (Å²) in [6.07, 6.45) is 0. The number of carbonyl (C=O) groups is 2. The zero-order valence-electron chi connectivity index (χ0n) is 20.6. The Morgan fingerprint density at radius 2 is 1.62 bits per heavy atom. The lowest BCUT2D eigenvalue weighted by Gasteiger charge is -2.24. The van der Waals surface area contributed by atoms with Gasteiger partial charge in [0.05, 0.1) is 4.90 Å². The first-order chi connectivity index (χ1) is 16.1. The number of sulfonamides is 1. The van der Waals surface area contributed by atoms with E-state index in [0.717, 1.165) is 5.69 Å². The van der Waals surface area contributed by atoms with E-state index in [1.54, 1.807) is 19.9 Å². The van der Waals surface area contributed by atoms with Gasteiger partial charge in [0.15, 0.2) is 0 Å². The first-order valence-corrected chi connectivity index (χ1v) is 13.0. The molecule has 0 aliphatic carbocycles. The number of carbonyl (C=O) groups excluding carboxylic acids is 2. The summed E-state index contributed by atoms with van der Waals surface area (Å²) in [6, 6.07) is 15.0. The molecule has 1 atom stereocenters. The van der Waals surface area contributed by atoms with Gasteiger partial charge in [-0.2, -0.15) is 4.31 Å². The van der Waals surface area contributed by atoms with Crippen LogP contribution in [0.2, 0.25) is 0 Å². The summed E-state index contributed by atoms with van der Waals surface area (Å²) in [5, 5.41) is 5.65. The molecule has 2 aromatic rings. The fourth-order valence-corrected chi connectivity index (χ4v) is 5.04. The zero-order chi connectivity index (χ0) is 25.3. The van der Waals surface area contributed by atoms with Crippen molar-refractivity contribution in [3.05, 3.63) is 60.2 Å². The number of amides is 2. The second-order valence-corrected chi connectivity index (χ2v) is 10.3. The monoisotopic (exact) mass is 488 g/mol. The molecule has 0 heterocycles. The van der Waals surface area contributed by atoms with E-state index in [1.165, 1.54) is 22.5 Å². The molecule has 2 aromatic carbocycles. The van der Waals surface area contributed by atoms with E-state index in [0.29, 0.717) is 26.2 Å². The number of hydrogen-bond donors (Lipinski definition) is 2. The van der Waals surface area contributed by atoms with E-state index < -0.39 is 22.0 Å². The molecule has 0 saturated heterocycles. The van der Waals surface area contributed by atoms with Gasteiger partial charge in [-0.1, -0.05) is 52.0 Å². The number of hydrogen-bond acceptors (Lipinski definition) is 5. The Balaban J connectivity index is 2.05. The Labute approximate surface area is 203 Å². The van der Waals surface area contributed by atoms with Crippen LogP contribution in [0.4, 0.5) is 5.69 Å². The summed E-state index contributed by atoms with van der Waals surface area (Å²) >= 11 is 0. The van der Waals surface area contributed by atoms with Gasteiger partial charge in [-0.15, -0.1) is 0 Å². The Bertz CT molecular complexity index is 1050. The standard InChI is InChI=1S/C25H36N4O4S/c1-6-29(7-2)34(32,33)22-15-11-12-20(18-22)24(30)27-23(19(3)4)25(31)26-16-17-28(5)21-13-9-8-10-14-21/h8-15,18-19,23H,6-7,16-17H2,1-5H3,(H,26,31)(H,27,30)/t23-/m0/s1. The van der Waals surface area contributed by atoms with Crippen molar-refractivity contribution >= 4 is 27.5 Å². The minimum absolute atomic E-state index is 0.0540. The van der Waals surface area contributed by atoms with Crippen molar-refractivity contribution in [2.24, 2.45) is 5.92 Å². The Morgan fingerprint density at radius 1 is 0.971 bits per heavy atom. The van der Waals surface area contributed by atoms with Gasteiger partial charge in [0.2, 0.25) is 15.9 Å². The lowest BCUT2D eigenvalue weighted by Crippen LogP contribution is -2.50. The van der Waals surface area contributed by atoms with Crippen LogP contribution in [0.1, 0.15) is 38.1 Å². The zero-order valence-corrected chi connectivity index (χ0v) is 21.4. The molecule has 2 rings (SSSR count). The third-order valence-electron chi connectivity index (χ3n) is 5.62. The van der Waals surface area contributed by atoms with Gasteiger partial charge in [-0.25, -0.2) is 8.42 Å². The molecule has 0 aromatic heterocycles. The Morgan fingerprint density at radius 3 is 2.21 bits per heavy atom. The Kier molecular flexibility index (Phi) is 10.1. The molecule has 0 fully saturated rings. The molecule has 0 spiro atoms. The van der Waals surface area contributed by atoms with E-state index in [-0.39, 0.29) is 22.3 Å². The molecule has 2 N–H and O–H groups in total. The van der Waals surface area contributed by atoms with Gasteiger partial charge in [-0.05, 0) is 36.2 Å². The highest BCUT2D eigenvalue weighted by Crippen LogP contribution is 2.17. The summed E-state index contributed by atoms with van der Waals surface area (Å²) in [6.45, 7) is 8.93. The van der Waals surface area contributed by atoms with Gasteiger partial charge in [0.25, 0.3) is 5.91 Å². The van der Waals surface area contributed by atoms with Gasteiger partial charge in [0.1, 0.15) is 6.04 Å². The highest BCUT2D eigenvalue weighted by Gasteiger charge is 2.26. The van der Waals surface area contributed by atoms with E-state index in [1.807, 2.05) is 56.1 Å². The molecule has 2 amide bonds. The molecular formula is C25H36N4O4S. The molecule has 0 radical (unpaired) electrons. The van der Waals surface area contributed by atoms with Crippen molar-refractivity contribution in [2.45, 2.75) is 38.6 Å². The maximum atomic E-state index is 12.9. The van der Waals surface area contributed by atoms with E-state index in [9.17, 15) is 18.0 Å². The minimum Gasteiger partial charge on any atom is -0.373 e. The molecule has 0 unspecified atom stereocenters. The Hall–Kier alpha value is -2.91.